The third-order valence-electron chi connectivity index (χ3n) is 1.85. The summed E-state index contributed by atoms with van der Waals surface area (Å²) in [5, 5.41) is 8.70. The highest BCUT2D eigenvalue weighted by Crippen LogP contribution is 2.29. The predicted molar refractivity (Wildman–Crippen MR) is 56.8 cm³/mol. The molecule has 0 saturated carbocycles. The predicted octanol–water partition coefficient (Wildman–Crippen LogP) is 2.39. The lowest BCUT2D eigenvalue weighted by Crippen LogP contribution is -2.03. The second-order valence-corrected chi connectivity index (χ2v) is 3.85. The number of carbonyl (C=O) groups is 1. The van der Waals surface area contributed by atoms with Gasteiger partial charge in [0.15, 0.2) is 0 Å². The van der Waals surface area contributed by atoms with E-state index in [9.17, 15) is 4.79 Å². The lowest BCUT2D eigenvalue weighted by atomic mass is 10.1. The summed E-state index contributed by atoms with van der Waals surface area (Å²) in [7, 11) is 1.53. The highest BCUT2D eigenvalue weighted by Gasteiger charge is 2.11. The molecular formula is C10H11BrO3. The van der Waals surface area contributed by atoms with Gasteiger partial charge in [-0.15, -0.1) is 0 Å². The minimum atomic E-state index is -0.868. The number of hydrogen-bond donors (Lipinski definition) is 1. The van der Waals surface area contributed by atoms with Crippen molar-refractivity contribution in [2.45, 2.75) is 13.3 Å². The van der Waals surface area contributed by atoms with Crippen molar-refractivity contribution in [2.75, 3.05) is 7.11 Å². The SMILES string of the molecule is COc1cc(C)cc(Br)c1CC(=O)O. The molecular weight excluding hydrogens is 248 g/mol. The third-order valence-corrected chi connectivity index (χ3v) is 2.55. The van der Waals surface area contributed by atoms with E-state index in [4.69, 9.17) is 9.84 Å². The number of rotatable bonds is 3. The van der Waals surface area contributed by atoms with E-state index in [0.29, 0.717) is 11.3 Å². The molecule has 0 atom stereocenters. The van der Waals surface area contributed by atoms with Crippen molar-refractivity contribution in [3.05, 3.63) is 27.7 Å². The number of halogens is 1. The van der Waals surface area contributed by atoms with Crippen LogP contribution in [0.5, 0.6) is 5.75 Å². The number of carboxylic acids is 1. The van der Waals surface area contributed by atoms with Gasteiger partial charge in [-0.25, -0.2) is 0 Å². The Labute approximate surface area is 90.8 Å². The molecule has 14 heavy (non-hydrogen) atoms. The van der Waals surface area contributed by atoms with E-state index in [1.54, 1.807) is 0 Å². The molecule has 0 unspecified atom stereocenters. The van der Waals surface area contributed by atoms with Gasteiger partial charge in [-0.05, 0) is 24.6 Å². The molecule has 0 aliphatic heterocycles. The first-order valence-electron chi connectivity index (χ1n) is 4.09. The Bertz CT molecular complexity index is 361. The van der Waals surface area contributed by atoms with Crippen LogP contribution in [0.2, 0.25) is 0 Å². The highest BCUT2D eigenvalue weighted by molar-refractivity contribution is 9.10. The van der Waals surface area contributed by atoms with Gasteiger partial charge >= 0.3 is 5.97 Å². The molecule has 3 nitrogen and oxygen atoms in total. The van der Waals surface area contributed by atoms with Crippen LogP contribution >= 0.6 is 15.9 Å². The van der Waals surface area contributed by atoms with Gasteiger partial charge in [0, 0.05) is 10.0 Å². The van der Waals surface area contributed by atoms with Gasteiger partial charge in [0.05, 0.1) is 13.5 Å². The molecule has 0 spiro atoms. The van der Waals surface area contributed by atoms with Crippen LogP contribution in [0.25, 0.3) is 0 Å². The van der Waals surface area contributed by atoms with E-state index in [-0.39, 0.29) is 6.42 Å². The van der Waals surface area contributed by atoms with Gasteiger partial charge in [-0.3, -0.25) is 4.79 Å². The van der Waals surface area contributed by atoms with Crippen LogP contribution in [0.1, 0.15) is 11.1 Å². The van der Waals surface area contributed by atoms with E-state index < -0.39 is 5.97 Å². The van der Waals surface area contributed by atoms with E-state index in [0.717, 1.165) is 10.0 Å². The first-order valence-corrected chi connectivity index (χ1v) is 4.88. The van der Waals surface area contributed by atoms with Gasteiger partial charge in [-0.2, -0.15) is 0 Å². The summed E-state index contributed by atoms with van der Waals surface area (Å²) in [6.45, 7) is 1.93. The fourth-order valence-electron chi connectivity index (χ4n) is 1.25. The van der Waals surface area contributed by atoms with E-state index >= 15 is 0 Å². The Balaban J connectivity index is 3.18. The number of methoxy groups -OCH3 is 1. The van der Waals surface area contributed by atoms with Crippen LogP contribution in [0.4, 0.5) is 0 Å². The highest BCUT2D eigenvalue weighted by atomic mass is 79.9. The minimum absolute atomic E-state index is 0.0377. The molecule has 0 saturated heterocycles. The van der Waals surface area contributed by atoms with Crippen molar-refractivity contribution >= 4 is 21.9 Å². The molecule has 0 heterocycles. The van der Waals surface area contributed by atoms with E-state index in [1.807, 2.05) is 19.1 Å². The quantitative estimate of drug-likeness (QED) is 0.906. The van der Waals surface area contributed by atoms with Crippen LogP contribution in [0, 0.1) is 6.92 Å². The second kappa shape index (κ2) is 4.46. The summed E-state index contributed by atoms with van der Waals surface area (Å²) in [5.74, 6) is -0.257. The average molecular weight is 259 g/mol. The number of ether oxygens (including phenoxy) is 1. The lowest BCUT2D eigenvalue weighted by molar-refractivity contribution is -0.136. The van der Waals surface area contributed by atoms with Gasteiger partial charge in [0.25, 0.3) is 0 Å². The molecule has 0 aromatic heterocycles. The lowest BCUT2D eigenvalue weighted by Gasteiger charge is -2.09. The maximum Gasteiger partial charge on any atom is 0.308 e. The molecule has 0 aliphatic rings. The molecule has 1 aromatic rings. The Kier molecular flexibility index (Phi) is 3.52. The molecule has 0 fully saturated rings. The zero-order valence-corrected chi connectivity index (χ0v) is 9.59. The molecule has 0 amide bonds. The Morgan fingerprint density at radius 2 is 2.21 bits per heavy atom. The zero-order valence-electron chi connectivity index (χ0n) is 8.00. The van der Waals surface area contributed by atoms with Crippen molar-refractivity contribution < 1.29 is 14.6 Å². The summed E-state index contributed by atoms with van der Waals surface area (Å²) in [5.41, 5.74) is 1.70. The van der Waals surface area contributed by atoms with Gasteiger partial charge < -0.3 is 9.84 Å². The van der Waals surface area contributed by atoms with E-state index in [2.05, 4.69) is 15.9 Å². The topological polar surface area (TPSA) is 46.5 Å². The summed E-state index contributed by atoms with van der Waals surface area (Å²) in [6, 6.07) is 3.70. The standard InChI is InChI=1S/C10H11BrO3/c1-6-3-8(11)7(5-10(12)13)9(4-6)14-2/h3-4H,5H2,1-2H3,(H,12,13). The number of benzene rings is 1. The molecule has 4 heteroatoms. The Morgan fingerprint density at radius 1 is 1.57 bits per heavy atom. The fourth-order valence-corrected chi connectivity index (χ4v) is 1.94. The molecule has 76 valence electrons. The second-order valence-electron chi connectivity index (χ2n) is 3.00. The fraction of sp³-hybridized carbons (Fsp3) is 0.300. The maximum atomic E-state index is 10.6. The van der Waals surface area contributed by atoms with Crippen molar-refractivity contribution in [1.82, 2.24) is 0 Å². The van der Waals surface area contributed by atoms with Crippen LogP contribution in [-0.4, -0.2) is 18.2 Å². The minimum Gasteiger partial charge on any atom is -0.496 e. The summed E-state index contributed by atoms with van der Waals surface area (Å²) < 4.78 is 5.89. The van der Waals surface area contributed by atoms with Crippen molar-refractivity contribution in [3.63, 3.8) is 0 Å². The van der Waals surface area contributed by atoms with E-state index in [1.165, 1.54) is 7.11 Å². The average Bonchev–Trinajstić information content (AvgIpc) is 2.08. The molecule has 1 aromatic carbocycles. The van der Waals surface area contributed by atoms with Crippen molar-refractivity contribution in [3.8, 4) is 5.75 Å². The summed E-state index contributed by atoms with van der Waals surface area (Å²) >= 11 is 3.32. The molecule has 1 rings (SSSR count). The summed E-state index contributed by atoms with van der Waals surface area (Å²) in [4.78, 5) is 10.6. The number of hydrogen-bond acceptors (Lipinski definition) is 2. The number of aliphatic carboxylic acids is 1. The Morgan fingerprint density at radius 3 is 2.71 bits per heavy atom. The van der Waals surface area contributed by atoms with Crippen LogP contribution < -0.4 is 4.74 Å². The van der Waals surface area contributed by atoms with Crippen LogP contribution in [0.3, 0.4) is 0 Å². The number of carboxylic acid groups (broad SMARTS) is 1. The van der Waals surface area contributed by atoms with Crippen LogP contribution in [-0.2, 0) is 11.2 Å². The van der Waals surface area contributed by atoms with Gasteiger partial charge in [0.1, 0.15) is 5.75 Å². The van der Waals surface area contributed by atoms with Crippen LogP contribution in [0.15, 0.2) is 16.6 Å². The number of aryl methyl sites for hydroxylation is 1. The van der Waals surface area contributed by atoms with Crippen molar-refractivity contribution in [2.24, 2.45) is 0 Å². The monoisotopic (exact) mass is 258 g/mol. The zero-order chi connectivity index (χ0) is 10.7. The molecule has 1 N–H and O–H groups in total. The maximum absolute atomic E-state index is 10.6. The molecule has 0 radical (unpaired) electrons. The normalized spacial score (nSPS) is 9.93. The molecule has 0 bridgehead atoms. The van der Waals surface area contributed by atoms with Gasteiger partial charge in [-0.1, -0.05) is 15.9 Å². The van der Waals surface area contributed by atoms with Crippen molar-refractivity contribution in [1.29, 1.82) is 0 Å². The first-order chi connectivity index (χ1) is 6.54. The largest absolute Gasteiger partial charge is 0.496 e. The molecule has 0 aliphatic carbocycles. The smallest absolute Gasteiger partial charge is 0.308 e. The Hall–Kier alpha value is -1.03. The van der Waals surface area contributed by atoms with Gasteiger partial charge in [0.2, 0.25) is 0 Å². The third kappa shape index (κ3) is 2.48. The first kappa shape index (κ1) is 11.0. The summed E-state index contributed by atoms with van der Waals surface area (Å²) in [6.07, 6.45) is -0.0377.